The van der Waals surface area contributed by atoms with E-state index in [1.165, 1.54) is 11.0 Å². The van der Waals surface area contributed by atoms with Crippen LogP contribution in [0.1, 0.15) is 15.9 Å². The van der Waals surface area contributed by atoms with E-state index in [1.54, 1.807) is 19.0 Å². The monoisotopic (exact) mass is 429 g/mol. The molecule has 0 saturated carbocycles. The minimum Gasteiger partial charge on any atom is -0.308 e. The van der Waals surface area contributed by atoms with Crippen molar-refractivity contribution in [3.05, 3.63) is 59.2 Å². The Kier molecular flexibility index (Phi) is 5.85. The Balaban J connectivity index is 2.04. The van der Waals surface area contributed by atoms with Crippen molar-refractivity contribution in [1.82, 2.24) is 9.88 Å². The minimum atomic E-state index is -4.60. The highest BCUT2D eigenvalue weighted by atomic mass is 32.1. The number of aromatic nitrogens is 1. The zero-order valence-corrected chi connectivity index (χ0v) is 16.2. The van der Waals surface area contributed by atoms with Crippen LogP contribution in [-0.2, 0) is 6.18 Å². The number of anilines is 1. The van der Waals surface area contributed by atoms with Crippen LogP contribution in [0.2, 0.25) is 0 Å². The second kappa shape index (κ2) is 8.03. The maximum Gasteiger partial charge on any atom is 0.416 e. The average Bonchev–Trinajstić information content (AvgIpc) is 3.05. The van der Waals surface area contributed by atoms with Crippen molar-refractivity contribution in [2.45, 2.75) is 6.18 Å². The molecule has 0 saturated heterocycles. The van der Waals surface area contributed by atoms with Crippen LogP contribution >= 0.6 is 11.3 Å². The molecule has 0 bridgehead atoms. The lowest BCUT2D eigenvalue weighted by molar-refractivity contribution is -0.137. The van der Waals surface area contributed by atoms with Crippen molar-refractivity contribution >= 4 is 32.6 Å². The summed E-state index contributed by atoms with van der Waals surface area (Å²) in [5, 5.41) is 0.0776. The number of amides is 1. The van der Waals surface area contributed by atoms with Crippen LogP contribution in [0.4, 0.5) is 27.1 Å². The molecule has 1 aromatic heterocycles. The normalized spacial score (nSPS) is 12.0. The SMILES string of the molecule is CN(C)CCN(C(=O)c1cccc(C(F)(F)F)c1)c1nc2c(F)cc(F)cc2s1. The molecule has 0 spiro atoms. The van der Waals surface area contributed by atoms with E-state index in [1.807, 2.05) is 0 Å². The minimum absolute atomic E-state index is 0.0776. The number of fused-ring (bicyclic) bond motifs is 1. The second-order valence-electron chi connectivity index (χ2n) is 6.57. The van der Waals surface area contributed by atoms with Gasteiger partial charge in [-0.1, -0.05) is 17.4 Å². The third-order valence-electron chi connectivity index (χ3n) is 4.09. The molecule has 1 heterocycles. The summed E-state index contributed by atoms with van der Waals surface area (Å²) < 4.78 is 66.7. The van der Waals surface area contributed by atoms with E-state index in [2.05, 4.69) is 4.98 Å². The van der Waals surface area contributed by atoms with Crippen LogP contribution in [0.5, 0.6) is 0 Å². The number of halogens is 5. The topological polar surface area (TPSA) is 36.4 Å². The first-order valence-electron chi connectivity index (χ1n) is 8.45. The molecule has 0 atom stereocenters. The largest absolute Gasteiger partial charge is 0.416 e. The van der Waals surface area contributed by atoms with E-state index in [-0.39, 0.29) is 27.5 Å². The van der Waals surface area contributed by atoms with E-state index < -0.39 is 29.3 Å². The number of thiazole rings is 1. The summed E-state index contributed by atoms with van der Waals surface area (Å²) in [5.74, 6) is -2.37. The molecular weight excluding hydrogens is 413 g/mol. The quantitative estimate of drug-likeness (QED) is 0.547. The summed E-state index contributed by atoms with van der Waals surface area (Å²) in [7, 11) is 3.53. The smallest absolute Gasteiger partial charge is 0.308 e. The van der Waals surface area contributed by atoms with Crippen LogP contribution in [-0.4, -0.2) is 43.0 Å². The third-order valence-corrected chi connectivity index (χ3v) is 5.11. The third kappa shape index (κ3) is 4.70. The number of benzene rings is 2. The van der Waals surface area contributed by atoms with E-state index in [4.69, 9.17) is 0 Å². The zero-order chi connectivity index (χ0) is 21.3. The molecule has 1 amide bonds. The van der Waals surface area contributed by atoms with Crippen molar-refractivity contribution in [2.24, 2.45) is 0 Å². The van der Waals surface area contributed by atoms with Gasteiger partial charge in [-0.2, -0.15) is 13.2 Å². The summed E-state index contributed by atoms with van der Waals surface area (Å²) in [4.78, 5) is 20.1. The lowest BCUT2D eigenvalue weighted by Gasteiger charge is -2.22. The number of alkyl halides is 3. The molecule has 154 valence electrons. The van der Waals surface area contributed by atoms with Gasteiger partial charge in [0.15, 0.2) is 10.9 Å². The molecule has 4 nitrogen and oxygen atoms in total. The number of carbonyl (C=O) groups excluding carboxylic acids is 1. The van der Waals surface area contributed by atoms with Crippen LogP contribution in [0.3, 0.4) is 0 Å². The van der Waals surface area contributed by atoms with Gasteiger partial charge >= 0.3 is 6.18 Å². The molecule has 0 N–H and O–H groups in total. The number of nitrogens with zero attached hydrogens (tertiary/aromatic N) is 3. The predicted molar refractivity (Wildman–Crippen MR) is 101 cm³/mol. The molecule has 2 aromatic carbocycles. The lowest BCUT2D eigenvalue weighted by atomic mass is 10.1. The van der Waals surface area contributed by atoms with E-state index in [0.717, 1.165) is 35.6 Å². The van der Waals surface area contributed by atoms with Gasteiger partial charge in [0.25, 0.3) is 5.91 Å². The number of hydrogen-bond acceptors (Lipinski definition) is 4. The van der Waals surface area contributed by atoms with Crippen LogP contribution in [0.15, 0.2) is 36.4 Å². The maximum atomic E-state index is 14.0. The zero-order valence-electron chi connectivity index (χ0n) is 15.4. The molecule has 0 aliphatic carbocycles. The summed E-state index contributed by atoms with van der Waals surface area (Å²) in [6.45, 7) is 0.490. The first-order valence-corrected chi connectivity index (χ1v) is 9.27. The summed E-state index contributed by atoms with van der Waals surface area (Å²) in [6.07, 6.45) is -4.60. The maximum absolute atomic E-state index is 14.0. The fourth-order valence-electron chi connectivity index (χ4n) is 2.63. The Morgan fingerprint density at radius 1 is 1.10 bits per heavy atom. The van der Waals surface area contributed by atoms with Gasteiger partial charge in [0, 0.05) is 24.7 Å². The Morgan fingerprint density at radius 3 is 2.48 bits per heavy atom. The fourth-order valence-corrected chi connectivity index (χ4v) is 3.66. The highest BCUT2D eigenvalue weighted by molar-refractivity contribution is 7.22. The van der Waals surface area contributed by atoms with Gasteiger partial charge in [0.05, 0.1) is 10.3 Å². The number of rotatable bonds is 5. The molecule has 3 rings (SSSR count). The summed E-state index contributed by atoms with van der Waals surface area (Å²) in [6, 6.07) is 5.83. The van der Waals surface area contributed by atoms with E-state index in [9.17, 15) is 26.7 Å². The van der Waals surface area contributed by atoms with Crippen LogP contribution < -0.4 is 4.90 Å². The highest BCUT2D eigenvalue weighted by Crippen LogP contribution is 2.33. The van der Waals surface area contributed by atoms with Crippen molar-refractivity contribution in [2.75, 3.05) is 32.1 Å². The number of hydrogen-bond donors (Lipinski definition) is 0. The van der Waals surface area contributed by atoms with Gasteiger partial charge in [-0.15, -0.1) is 0 Å². The molecule has 0 radical (unpaired) electrons. The van der Waals surface area contributed by atoms with Gasteiger partial charge in [-0.05, 0) is 38.4 Å². The Bertz CT molecular complexity index is 1050. The van der Waals surface area contributed by atoms with Crippen molar-refractivity contribution < 1.29 is 26.7 Å². The summed E-state index contributed by atoms with van der Waals surface area (Å²) in [5.41, 5.74) is -1.23. The van der Waals surface area contributed by atoms with Gasteiger partial charge in [0.2, 0.25) is 0 Å². The molecule has 0 fully saturated rings. The average molecular weight is 429 g/mol. The molecule has 3 aromatic rings. The number of likely N-dealkylation sites (N-methyl/N-ethyl adjacent to an activating group) is 1. The first-order chi connectivity index (χ1) is 13.6. The van der Waals surface area contributed by atoms with Crippen molar-refractivity contribution in [1.29, 1.82) is 0 Å². The van der Waals surface area contributed by atoms with Crippen LogP contribution in [0.25, 0.3) is 10.2 Å². The molecule has 10 heteroatoms. The molecular formula is C19H16F5N3OS. The van der Waals surface area contributed by atoms with Gasteiger partial charge in [0.1, 0.15) is 11.3 Å². The van der Waals surface area contributed by atoms with Crippen molar-refractivity contribution in [3.8, 4) is 0 Å². The Morgan fingerprint density at radius 2 is 1.83 bits per heavy atom. The lowest BCUT2D eigenvalue weighted by Crippen LogP contribution is -2.36. The summed E-state index contributed by atoms with van der Waals surface area (Å²) >= 11 is 0.891. The molecule has 0 aliphatic rings. The predicted octanol–water partition coefficient (Wildman–Crippen LogP) is 4.80. The highest BCUT2D eigenvalue weighted by Gasteiger charge is 2.32. The van der Waals surface area contributed by atoms with E-state index in [0.29, 0.717) is 12.6 Å². The van der Waals surface area contributed by atoms with Gasteiger partial charge in [-0.25, -0.2) is 13.8 Å². The molecule has 0 aliphatic heterocycles. The molecule has 0 unspecified atom stereocenters. The fraction of sp³-hybridized carbons (Fsp3) is 0.263. The van der Waals surface area contributed by atoms with Gasteiger partial charge in [-0.3, -0.25) is 9.69 Å². The molecule has 29 heavy (non-hydrogen) atoms. The van der Waals surface area contributed by atoms with Gasteiger partial charge < -0.3 is 4.90 Å². The van der Waals surface area contributed by atoms with E-state index >= 15 is 0 Å². The standard InChI is InChI=1S/C19H16F5N3OS/c1-26(2)6-7-27(17(28)11-4-3-5-12(8-11)19(22,23)24)18-25-16-14(21)9-13(20)10-15(16)29-18/h3-5,8-10H,6-7H2,1-2H3. The Labute approximate surface area is 167 Å². The first kappa shape index (κ1) is 21.1. The second-order valence-corrected chi connectivity index (χ2v) is 7.58. The Hall–Kier alpha value is -2.59. The van der Waals surface area contributed by atoms with Crippen LogP contribution in [0, 0.1) is 11.6 Å². The number of carbonyl (C=O) groups is 1. The van der Waals surface area contributed by atoms with Crippen molar-refractivity contribution in [3.63, 3.8) is 0 Å².